The Bertz CT molecular complexity index is 1620. The lowest BCUT2D eigenvalue weighted by molar-refractivity contribution is 0.628. The van der Waals surface area contributed by atoms with Crippen molar-refractivity contribution >= 4 is 22.2 Å². The number of hydrogen-bond donors (Lipinski definition) is 3. The number of nitrogens with zero attached hydrogens (tertiary/aromatic N) is 2. The van der Waals surface area contributed by atoms with Gasteiger partial charge in [0.25, 0.3) is 0 Å². The largest absolute Gasteiger partial charge is 0.387 e. The van der Waals surface area contributed by atoms with Crippen molar-refractivity contribution in [3.8, 4) is 24.1 Å². The predicted molar refractivity (Wildman–Crippen MR) is 165 cm³/mol. The van der Waals surface area contributed by atoms with Crippen molar-refractivity contribution in [2.75, 3.05) is 12.4 Å². The first kappa shape index (κ1) is 28.1. The third-order valence-electron chi connectivity index (χ3n) is 6.82. The Kier molecular flexibility index (Phi) is 8.98. The Morgan fingerprint density at radius 1 is 1.18 bits per heavy atom. The Morgan fingerprint density at radius 3 is 2.65 bits per heavy atom. The Morgan fingerprint density at radius 2 is 1.98 bits per heavy atom. The molecule has 0 amide bonds. The van der Waals surface area contributed by atoms with Crippen molar-refractivity contribution in [2.45, 2.75) is 26.2 Å². The Balaban J connectivity index is 0.00000181. The average molecular weight is 532 g/mol. The molecule has 0 atom stereocenters. The predicted octanol–water partition coefficient (Wildman–Crippen LogP) is 7.63. The van der Waals surface area contributed by atoms with E-state index < -0.39 is 0 Å². The van der Waals surface area contributed by atoms with E-state index in [-0.39, 0.29) is 5.82 Å². The minimum atomic E-state index is -0.280. The summed E-state index contributed by atoms with van der Waals surface area (Å²) in [7, 11) is 1.90. The summed E-state index contributed by atoms with van der Waals surface area (Å²) in [6, 6.07) is 14.6. The van der Waals surface area contributed by atoms with Crippen molar-refractivity contribution in [2.24, 2.45) is 5.92 Å². The van der Waals surface area contributed by atoms with Crippen LogP contribution in [0, 0.1) is 24.6 Å². The highest BCUT2D eigenvalue weighted by atomic mass is 19.1. The maximum absolute atomic E-state index is 13.9. The summed E-state index contributed by atoms with van der Waals surface area (Å²) in [5, 5.41) is 7.63. The summed E-state index contributed by atoms with van der Waals surface area (Å²) in [6.45, 7) is 10.2. The van der Waals surface area contributed by atoms with Crippen LogP contribution >= 0.6 is 0 Å². The van der Waals surface area contributed by atoms with E-state index in [1.54, 1.807) is 12.3 Å². The van der Waals surface area contributed by atoms with Gasteiger partial charge in [-0.2, -0.15) is 0 Å². The Labute approximate surface area is 235 Å². The molecule has 1 aliphatic rings. The van der Waals surface area contributed by atoms with Gasteiger partial charge in [-0.1, -0.05) is 31.4 Å². The first-order valence-electron chi connectivity index (χ1n) is 13.2. The van der Waals surface area contributed by atoms with Gasteiger partial charge in [0.15, 0.2) is 0 Å². The number of rotatable bonds is 10. The normalized spacial score (nSPS) is 13.3. The minimum absolute atomic E-state index is 0.280. The number of aromatic amines is 1. The molecule has 3 heterocycles. The first-order chi connectivity index (χ1) is 19.5. The van der Waals surface area contributed by atoms with Gasteiger partial charge in [-0.3, -0.25) is 9.97 Å². The molecule has 5 rings (SSSR count). The van der Waals surface area contributed by atoms with E-state index in [1.165, 1.54) is 25.0 Å². The second kappa shape index (κ2) is 12.8. The van der Waals surface area contributed by atoms with Crippen LogP contribution in [-0.2, 0) is 6.42 Å². The van der Waals surface area contributed by atoms with E-state index >= 15 is 0 Å². The van der Waals surface area contributed by atoms with Crippen molar-refractivity contribution in [1.82, 2.24) is 20.3 Å². The fraction of sp³-hybridized carbons (Fsp3) is 0.176. The quantitative estimate of drug-likeness (QED) is 0.145. The van der Waals surface area contributed by atoms with Crippen LogP contribution in [0.3, 0.4) is 0 Å². The molecular formula is C34H34FN5. The summed E-state index contributed by atoms with van der Waals surface area (Å²) in [5.74, 6) is 0.275. The van der Waals surface area contributed by atoms with Crippen LogP contribution in [0.2, 0.25) is 0 Å². The zero-order valence-electron chi connectivity index (χ0n) is 23.0. The average Bonchev–Trinajstić information content (AvgIpc) is 3.75. The molecule has 0 aliphatic heterocycles. The molecule has 0 spiro atoms. The number of nitrogens with one attached hydrogen (secondary N) is 3. The lowest BCUT2D eigenvalue weighted by Crippen LogP contribution is -2.12. The number of anilines is 1. The van der Waals surface area contributed by atoms with Gasteiger partial charge in [-0.05, 0) is 79.8 Å². The number of terminal acetylenes is 1. The molecule has 1 saturated carbocycles. The fourth-order valence-corrected chi connectivity index (χ4v) is 4.62. The minimum Gasteiger partial charge on any atom is -0.387 e. The number of allylic oxidation sites excluding steroid dienone is 5. The lowest BCUT2D eigenvalue weighted by Gasteiger charge is -2.13. The molecule has 4 aromatic rings. The first-order valence-corrected chi connectivity index (χ1v) is 13.2. The second-order valence-corrected chi connectivity index (χ2v) is 9.52. The number of H-pyrrole nitrogens is 1. The third-order valence-corrected chi connectivity index (χ3v) is 6.82. The van der Waals surface area contributed by atoms with Gasteiger partial charge in [0, 0.05) is 53.2 Å². The smallest absolute Gasteiger partial charge is 0.123 e. The van der Waals surface area contributed by atoms with E-state index in [1.807, 2.05) is 38.2 Å². The molecule has 1 fully saturated rings. The second-order valence-electron chi connectivity index (χ2n) is 9.52. The standard InChI is InChI=1S/C32H32FN5.C2H2/c1-5-21(17-25(6-2)36-20(3)22-10-11-22)28-12-13-30(34-4)31(38-28)19-26-18-27-29(37-26)14-15-35-32(27)23-8-7-9-24(33)16-23;1-2/h5-9,12-18,22,34,36-37H,2-3,10-11,19H2,1,4H3;1-2H/b21-5+,25-17+;. The van der Waals surface area contributed by atoms with Gasteiger partial charge in [0.05, 0.1) is 22.8 Å². The van der Waals surface area contributed by atoms with Gasteiger partial charge in [-0.15, -0.1) is 12.8 Å². The molecule has 5 nitrogen and oxygen atoms in total. The molecule has 0 saturated heterocycles. The number of fused-ring (bicyclic) bond motifs is 1. The molecule has 6 heteroatoms. The van der Waals surface area contributed by atoms with Crippen molar-refractivity contribution in [3.63, 3.8) is 0 Å². The summed E-state index contributed by atoms with van der Waals surface area (Å²) < 4.78 is 13.9. The number of halogens is 1. The molecule has 1 aliphatic carbocycles. The van der Waals surface area contributed by atoms with E-state index in [9.17, 15) is 4.39 Å². The van der Waals surface area contributed by atoms with Crippen molar-refractivity contribution in [1.29, 1.82) is 0 Å². The number of aromatic nitrogens is 3. The zero-order chi connectivity index (χ0) is 28.6. The third kappa shape index (κ3) is 6.39. The maximum Gasteiger partial charge on any atom is 0.123 e. The topological polar surface area (TPSA) is 65.6 Å². The van der Waals surface area contributed by atoms with E-state index in [2.05, 4.69) is 70.9 Å². The molecule has 1 aromatic carbocycles. The molecule has 202 valence electrons. The summed E-state index contributed by atoms with van der Waals surface area (Å²) in [6.07, 6.45) is 18.6. The zero-order valence-corrected chi connectivity index (χ0v) is 23.0. The van der Waals surface area contributed by atoms with Crippen LogP contribution in [-0.4, -0.2) is 22.0 Å². The Hall–Kier alpha value is -4.89. The van der Waals surface area contributed by atoms with Crippen molar-refractivity contribution in [3.05, 3.63) is 120 Å². The molecule has 0 radical (unpaired) electrons. The molecule has 40 heavy (non-hydrogen) atoms. The van der Waals surface area contributed by atoms with Gasteiger partial charge >= 0.3 is 0 Å². The van der Waals surface area contributed by atoms with E-state index in [0.717, 1.165) is 61.9 Å². The molecule has 0 unspecified atom stereocenters. The van der Waals surface area contributed by atoms with Crippen LogP contribution in [0.1, 0.15) is 36.8 Å². The van der Waals surface area contributed by atoms with E-state index in [0.29, 0.717) is 12.3 Å². The lowest BCUT2D eigenvalue weighted by atomic mass is 10.1. The SMILES string of the molecule is C#C.C=C/C(=C\C(=C/C)c1ccc(NC)c(Cc2cc3c(-c4cccc(F)c4)nccc3[nH]2)n1)NC(=C)C1CC1. The molecular weight excluding hydrogens is 497 g/mol. The molecule has 3 N–H and O–H groups in total. The summed E-state index contributed by atoms with van der Waals surface area (Å²) >= 11 is 0. The van der Waals surface area contributed by atoms with Gasteiger partial charge in [0.2, 0.25) is 0 Å². The summed E-state index contributed by atoms with van der Waals surface area (Å²) in [4.78, 5) is 13.1. The highest BCUT2D eigenvalue weighted by Gasteiger charge is 2.24. The van der Waals surface area contributed by atoms with Crippen LogP contribution in [0.5, 0.6) is 0 Å². The molecule has 0 bridgehead atoms. The van der Waals surface area contributed by atoms with Crippen molar-refractivity contribution < 1.29 is 4.39 Å². The van der Waals surface area contributed by atoms with Crippen LogP contribution in [0.4, 0.5) is 10.1 Å². The van der Waals surface area contributed by atoms with Gasteiger partial charge in [-0.25, -0.2) is 4.39 Å². The van der Waals surface area contributed by atoms with Crippen LogP contribution < -0.4 is 10.6 Å². The fourth-order valence-electron chi connectivity index (χ4n) is 4.62. The van der Waals surface area contributed by atoms with Crippen LogP contribution in [0.15, 0.2) is 97.5 Å². The number of pyridine rings is 2. The monoisotopic (exact) mass is 531 g/mol. The van der Waals surface area contributed by atoms with Gasteiger partial charge in [0.1, 0.15) is 5.82 Å². The number of benzene rings is 1. The highest BCUT2D eigenvalue weighted by molar-refractivity contribution is 5.93. The van der Waals surface area contributed by atoms with Gasteiger partial charge < -0.3 is 15.6 Å². The highest BCUT2D eigenvalue weighted by Crippen LogP contribution is 2.35. The maximum atomic E-state index is 13.9. The van der Waals surface area contributed by atoms with E-state index in [4.69, 9.17) is 4.98 Å². The number of hydrogen-bond acceptors (Lipinski definition) is 4. The van der Waals surface area contributed by atoms with Crippen LogP contribution in [0.25, 0.3) is 27.7 Å². The summed E-state index contributed by atoms with van der Waals surface area (Å²) in [5.41, 5.74) is 9.13. The molecule has 3 aromatic heterocycles.